The van der Waals surface area contributed by atoms with Crippen LogP contribution in [0.15, 0.2) is 24.3 Å². The molecular formula is C11H14N2O. The normalized spacial score (nSPS) is 23.1. The minimum Gasteiger partial charge on any atom is -0.484 e. The Morgan fingerprint density at radius 3 is 2.71 bits per heavy atom. The average molecular weight is 190 g/mol. The monoisotopic (exact) mass is 190 g/mol. The van der Waals surface area contributed by atoms with E-state index in [9.17, 15) is 0 Å². The molecule has 1 spiro atoms. The largest absolute Gasteiger partial charge is 0.484 e. The maximum atomic E-state index is 6.01. The maximum absolute atomic E-state index is 6.01. The van der Waals surface area contributed by atoms with Gasteiger partial charge in [-0.15, -0.1) is 0 Å². The van der Waals surface area contributed by atoms with E-state index in [0.717, 1.165) is 31.9 Å². The van der Waals surface area contributed by atoms with E-state index in [1.807, 2.05) is 6.07 Å². The van der Waals surface area contributed by atoms with Crippen molar-refractivity contribution in [3.63, 3.8) is 0 Å². The number of ether oxygens (including phenoxy) is 1. The minimum atomic E-state index is -0.0397. The summed E-state index contributed by atoms with van der Waals surface area (Å²) in [6, 6.07) is 8.31. The van der Waals surface area contributed by atoms with Gasteiger partial charge in [-0.05, 0) is 11.6 Å². The molecule has 1 aromatic rings. The smallest absolute Gasteiger partial charge is 0.138 e. The number of hydrogen-bond donors (Lipinski definition) is 2. The van der Waals surface area contributed by atoms with Gasteiger partial charge in [0.05, 0.1) is 0 Å². The fraction of sp³-hybridized carbons (Fsp3) is 0.455. The van der Waals surface area contributed by atoms with Crippen molar-refractivity contribution in [1.29, 1.82) is 0 Å². The van der Waals surface area contributed by atoms with E-state index in [4.69, 9.17) is 4.74 Å². The summed E-state index contributed by atoms with van der Waals surface area (Å²) in [4.78, 5) is 0. The molecule has 2 N–H and O–H groups in total. The molecule has 1 saturated heterocycles. The molecule has 0 bridgehead atoms. The fourth-order valence-corrected chi connectivity index (χ4v) is 2.29. The summed E-state index contributed by atoms with van der Waals surface area (Å²) < 4.78 is 6.01. The molecule has 2 heterocycles. The first-order chi connectivity index (χ1) is 6.88. The molecule has 74 valence electrons. The van der Waals surface area contributed by atoms with Crippen LogP contribution in [0, 0.1) is 0 Å². The van der Waals surface area contributed by atoms with Crippen molar-refractivity contribution in [2.45, 2.75) is 12.0 Å². The van der Waals surface area contributed by atoms with Crippen molar-refractivity contribution in [3.05, 3.63) is 29.8 Å². The molecular weight excluding hydrogens is 176 g/mol. The Kier molecular flexibility index (Phi) is 1.75. The predicted molar refractivity (Wildman–Crippen MR) is 54.4 cm³/mol. The molecule has 3 nitrogen and oxygen atoms in total. The Balaban J connectivity index is 1.89. The Morgan fingerprint density at radius 2 is 1.93 bits per heavy atom. The van der Waals surface area contributed by atoms with E-state index in [2.05, 4.69) is 28.8 Å². The standard InChI is InChI=1S/C11H14N2O/c1-2-4-10-9(3-1)5-11(14-10)6-12-8-13-7-11/h1-4,12-13H,5-8H2. The van der Waals surface area contributed by atoms with Gasteiger partial charge in [0.15, 0.2) is 0 Å². The minimum absolute atomic E-state index is 0.0397. The number of fused-ring (bicyclic) bond motifs is 1. The van der Waals surface area contributed by atoms with Crippen LogP contribution in [0.25, 0.3) is 0 Å². The second-order valence-electron chi connectivity index (χ2n) is 4.10. The molecule has 0 amide bonds. The van der Waals surface area contributed by atoms with Gasteiger partial charge in [-0.2, -0.15) is 0 Å². The van der Waals surface area contributed by atoms with Crippen LogP contribution in [-0.2, 0) is 6.42 Å². The molecule has 2 aliphatic heterocycles. The van der Waals surface area contributed by atoms with Gasteiger partial charge in [-0.1, -0.05) is 18.2 Å². The van der Waals surface area contributed by atoms with Crippen molar-refractivity contribution < 1.29 is 4.74 Å². The zero-order valence-electron chi connectivity index (χ0n) is 8.05. The van der Waals surface area contributed by atoms with Crippen LogP contribution in [0.4, 0.5) is 0 Å². The van der Waals surface area contributed by atoms with E-state index >= 15 is 0 Å². The SMILES string of the molecule is c1ccc2c(c1)CC1(CNCNC1)O2. The van der Waals surface area contributed by atoms with Crippen molar-refractivity contribution in [2.24, 2.45) is 0 Å². The summed E-state index contributed by atoms with van der Waals surface area (Å²) in [7, 11) is 0. The molecule has 3 heteroatoms. The molecule has 0 unspecified atom stereocenters. The molecule has 0 atom stereocenters. The highest BCUT2D eigenvalue weighted by Gasteiger charge is 2.40. The summed E-state index contributed by atoms with van der Waals surface area (Å²) >= 11 is 0. The molecule has 1 aromatic carbocycles. The van der Waals surface area contributed by atoms with Gasteiger partial charge in [0, 0.05) is 26.2 Å². The quantitative estimate of drug-likeness (QED) is 0.625. The van der Waals surface area contributed by atoms with Gasteiger partial charge < -0.3 is 15.4 Å². The first-order valence-electron chi connectivity index (χ1n) is 5.06. The van der Waals surface area contributed by atoms with Gasteiger partial charge in [0.1, 0.15) is 11.4 Å². The van der Waals surface area contributed by atoms with Gasteiger partial charge in [-0.25, -0.2) is 0 Å². The summed E-state index contributed by atoms with van der Waals surface area (Å²) in [5, 5.41) is 6.63. The van der Waals surface area contributed by atoms with Crippen LogP contribution >= 0.6 is 0 Å². The first-order valence-corrected chi connectivity index (χ1v) is 5.06. The Hall–Kier alpha value is -1.06. The average Bonchev–Trinajstić information content (AvgIpc) is 2.56. The topological polar surface area (TPSA) is 33.3 Å². The summed E-state index contributed by atoms with van der Waals surface area (Å²) in [5.74, 6) is 1.05. The van der Waals surface area contributed by atoms with E-state index in [-0.39, 0.29) is 5.60 Å². The van der Waals surface area contributed by atoms with E-state index in [0.29, 0.717) is 0 Å². The fourth-order valence-electron chi connectivity index (χ4n) is 2.29. The molecule has 3 rings (SSSR count). The zero-order chi connectivity index (χ0) is 9.43. The first kappa shape index (κ1) is 8.26. The second kappa shape index (κ2) is 2.97. The zero-order valence-corrected chi connectivity index (χ0v) is 8.05. The molecule has 0 radical (unpaired) electrons. The predicted octanol–water partition coefficient (Wildman–Crippen LogP) is 0.511. The highest BCUT2D eigenvalue weighted by Crippen LogP contribution is 2.34. The van der Waals surface area contributed by atoms with Crippen molar-refractivity contribution >= 4 is 0 Å². The highest BCUT2D eigenvalue weighted by molar-refractivity contribution is 5.39. The van der Waals surface area contributed by atoms with Crippen LogP contribution in [0.1, 0.15) is 5.56 Å². The van der Waals surface area contributed by atoms with Crippen LogP contribution in [-0.4, -0.2) is 25.4 Å². The Bertz CT molecular complexity index is 318. The lowest BCUT2D eigenvalue weighted by Crippen LogP contribution is -2.59. The molecule has 14 heavy (non-hydrogen) atoms. The lowest BCUT2D eigenvalue weighted by Gasteiger charge is -2.33. The number of hydrogen-bond acceptors (Lipinski definition) is 3. The van der Waals surface area contributed by atoms with Gasteiger partial charge in [0.25, 0.3) is 0 Å². The number of nitrogens with one attached hydrogen (secondary N) is 2. The van der Waals surface area contributed by atoms with Crippen molar-refractivity contribution in [1.82, 2.24) is 10.6 Å². The summed E-state index contributed by atoms with van der Waals surface area (Å²) in [6.45, 7) is 2.77. The highest BCUT2D eigenvalue weighted by atomic mass is 16.5. The molecule has 0 saturated carbocycles. The van der Waals surface area contributed by atoms with Gasteiger partial charge in [0.2, 0.25) is 0 Å². The lowest BCUT2D eigenvalue weighted by molar-refractivity contribution is 0.0740. The third-order valence-corrected chi connectivity index (χ3v) is 2.96. The van der Waals surface area contributed by atoms with Gasteiger partial charge >= 0.3 is 0 Å². The van der Waals surface area contributed by atoms with Crippen LogP contribution in [0.2, 0.25) is 0 Å². The van der Waals surface area contributed by atoms with Crippen molar-refractivity contribution in [2.75, 3.05) is 19.8 Å². The summed E-state index contributed by atoms with van der Waals surface area (Å²) in [6.07, 6.45) is 1.02. The number of para-hydroxylation sites is 1. The van der Waals surface area contributed by atoms with Gasteiger partial charge in [-0.3, -0.25) is 0 Å². The molecule has 0 aromatic heterocycles. The van der Waals surface area contributed by atoms with E-state index < -0.39 is 0 Å². The Morgan fingerprint density at radius 1 is 1.14 bits per heavy atom. The Labute approximate surface area is 83.5 Å². The van der Waals surface area contributed by atoms with Crippen LogP contribution in [0.5, 0.6) is 5.75 Å². The maximum Gasteiger partial charge on any atom is 0.138 e. The van der Waals surface area contributed by atoms with E-state index in [1.54, 1.807) is 0 Å². The number of benzene rings is 1. The molecule has 0 aliphatic carbocycles. The van der Waals surface area contributed by atoms with Crippen molar-refractivity contribution in [3.8, 4) is 5.75 Å². The second-order valence-corrected chi connectivity index (χ2v) is 4.10. The third kappa shape index (κ3) is 1.21. The molecule has 1 fully saturated rings. The van der Waals surface area contributed by atoms with Crippen LogP contribution < -0.4 is 15.4 Å². The van der Waals surface area contributed by atoms with E-state index in [1.165, 1.54) is 5.56 Å². The van der Waals surface area contributed by atoms with Crippen LogP contribution in [0.3, 0.4) is 0 Å². The number of rotatable bonds is 0. The lowest BCUT2D eigenvalue weighted by atomic mass is 9.96. The summed E-state index contributed by atoms with van der Waals surface area (Å²) in [5.41, 5.74) is 1.29. The molecule has 2 aliphatic rings. The third-order valence-electron chi connectivity index (χ3n) is 2.96.